The molecule has 162 valence electrons. The highest BCUT2D eigenvalue weighted by atomic mass is 16.7. The Labute approximate surface area is 183 Å². The molecule has 6 N–H and O–H groups in total. The first-order chi connectivity index (χ1) is 15.4. The number of carbonyl (C=O) groups is 2. The van der Waals surface area contributed by atoms with E-state index in [9.17, 15) is 14.9 Å². The van der Waals surface area contributed by atoms with Crippen LogP contribution in [0.25, 0.3) is 0 Å². The SMILES string of the molecule is Cc1c(Nc2ccc(C(=O)ON)cc2)nc(Nc2ccc(C(=O)ON)cc2)c(C#N)c1C. The lowest BCUT2D eigenvalue weighted by molar-refractivity contribution is 0.0495. The summed E-state index contributed by atoms with van der Waals surface area (Å²) in [5.74, 6) is 9.37. The van der Waals surface area contributed by atoms with Crippen LogP contribution in [0.15, 0.2) is 48.5 Å². The van der Waals surface area contributed by atoms with Gasteiger partial charge < -0.3 is 20.3 Å². The minimum Gasteiger partial charge on any atom is -0.370 e. The van der Waals surface area contributed by atoms with E-state index in [1.807, 2.05) is 13.8 Å². The number of hydrogen-bond donors (Lipinski definition) is 4. The van der Waals surface area contributed by atoms with E-state index in [1.54, 1.807) is 36.4 Å². The number of aromatic nitrogens is 1. The third-order valence-electron chi connectivity index (χ3n) is 4.85. The summed E-state index contributed by atoms with van der Waals surface area (Å²) in [5, 5.41) is 15.9. The number of rotatable bonds is 6. The van der Waals surface area contributed by atoms with Gasteiger partial charge in [-0.25, -0.2) is 14.6 Å². The van der Waals surface area contributed by atoms with E-state index in [-0.39, 0.29) is 5.56 Å². The Balaban J connectivity index is 1.91. The Morgan fingerprint density at radius 1 is 0.812 bits per heavy atom. The Kier molecular flexibility index (Phi) is 6.65. The molecule has 0 fully saturated rings. The minimum atomic E-state index is -0.657. The second-order valence-corrected chi connectivity index (χ2v) is 6.76. The van der Waals surface area contributed by atoms with Gasteiger partial charge in [0.05, 0.1) is 16.7 Å². The Morgan fingerprint density at radius 3 is 1.66 bits per heavy atom. The van der Waals surface area contributed by atoms with E-state index in [2.05, 4.69) is 31.4 Å². The lowest BCUT2D eigenvalue weighted by Crippen LogP contribution is -2.10. The maximum atomic E-state index is 11.5. The summed E-state index contributed by atoms with van der Waals surface area (Å²) >= 11 is 0. The van der Waals surface area contributed by atoms with Crippen molar-refractivity contribution in [1.82, 2.24) is 4.98 Å². The largest absolute Gasteiger partial charge is 0.370 e. The van der Waals surface area contributed by atoms with Crippen molar-refractivity contribution in [3.05, 3.63) is 76.3 Å². The van der Waals surface area contributed by atoms with E-state index in [1.165, 1.54) is 12.1 Å². The van der Waals surface area contributed by atoms with Crippen molar-refractivity contribution in [1.29, 1.82) is 5.26 Å². The van der Waals surface area contributed by atoms with Crippen LogP contribution in [0.3, 0.4) is 0 Å². The molecule has 0 atom stereocenters. The average Bonchev–Trinajstić information content (AvgIpc) is 2.82. The molecule has 1 aromatic heterocycles. The number of benzene rings is 2. The molecule has 32 heavy (non-hydrogen) atoms. The highest BCUT2D eigenvalue weighted by Gasteiger charge is 2.16. The number of nitrogens with zero attached hydrogens (tertiary/aromatic N) is 2. The van der Waals surface area contributed by atoms with Crippen LogP contribution in [0.5, 0.6) is 0 Å². The Hall–Kier alpha value is -4.46. The van der Waals surface area contributed by atoms with Crippen molar-refractivity contribution in [2.24, 2.45) is 11.8 Å². The van der Waals surface area contributed by atoms with Gasteiger partial charge in [-0.05, 0) is 73.5 Å². The summed E-state index contributed by atoms with van der Waals surface area (Å²) in [5.41, 5.74) is 3.81. The van der Waals surface area contributed by atoms with Crippen LogP contribution in [0.1, 0.15) is 37.4 Å². The minimum absolute atomic E-state index is 0.288. The number of carbonyl (C=O) groups excluding carboxylic acids is 2. The third-order valence-corrected chi connectivity index (χ3v) is 4.85. The van der Waals surface area contributed by atoms with Crippen LogP contribution in [0, 0.1) is 25.2 Å². The van der Waals surface area contributed by atoms with Gasteiger partial charge in [-0.15, -0.1) is 0 Å². The van der Waals surface area contributed by atoms with Crippen molar-refractivity contribution in [2.75, 3.05) is 10.6 Å². The fraction of sp³-hybridized carbons (Fsp3) is 0.0909. The average molecular weight is 432 g/mol. The molecule has 3 aromatic rings. The fourth-order valence-corrected chi connectivity index (χ4v) is 2.93. The molecule has 0 saturated carbocycles. The van der Waals surface area contributed by atoms with Crippen LogP contribution >= 0.6 is 0 Å². The summed E-state index contributed by atoms with van der Waals surface area (Å²) in [6, 6.07) is 15.0. The molecule has 0 radical (unpaired) electrons. The highest BCUT2D eigenvalue weighted by Crippen LogP contribution is 2.30. The molecule has 0 unspecified atom stereocenters. The zero-order valence-electron chi connectivity index (χ0n) is 17.3. The molecule has 10 heteroatoms. The second-order valence-electron chi connectivity index (χ2n) is 6.76. The molecule has 0 aliphatic rings. The van der Waals surface area contributed by atoms with Gasteiger partial charge in [-0.1, -0.05) is 0 Å². The van der Waals surface area contributed by atoms with Crippen molar-refractivity contribution < 1.29 is 19.3 Å². The summed E-state index contributed by atoms with van der Waals surface area (Å²) < 4.78 is 0. The predicted octanol–water partition coefficient (Wildman–Crippen LogP) is 3.12. The second kappa shape index (κ2) is 9.57. The van der Waals surface area contributed by atoms with Gasteiger partial charge in [-0.2, -0.15) is 17.1 Å². The smallest absolute Gasteiger partial charge is 0.356 e. The van der Waals surface area contributed by atoms with E-state index in [0.717, 1.165) is 11.1 Å². The van der Waals surface area contributed by atoms with Crippen LogP contribution in [-0.2, 0) is 9.68 Å². The lowest BCUT2D eigenvalue weighted by atomic mass is 10.1. The fourth-order valence-electron chi connectivity index (χ4n) is 2.93. The van der Waals surface area contributed by atoms with Gasteiger partial charge in [0, 0.05) is 11.4 Å². The number of nitriles is 1. The molecule has 2 aromatic carbocycles. The van der Waals surface area contributed by atoms with Gasteiger partial charge in [0.25, 0.3) is 0 Å². The molecular weight excluding hydrogens is 412 g/mol. The number of nitrogens with two attached hydrogens (primary N) is 2. The molecule has 10 nitrogen and oxygen atoms in total. The zero-order valence-corrected chi connectivity index (χ0v) is 17.3. The Morgan fingerprint density at radius 2 is 1.25 bits per heavy atom. The predicted molar refractivity (Wildman–Crippen MR) is 117 cm³/mol. The number of nitrogens with one attached hydrogen (secondary N) is 2. The van der Waals surface area contributed by atoms with Crippen molar-refractivity contribution >= 4 is 34.9 Å². The molecule has 0 bridgehead atoms. The quantitative estimate of drug-likeness (QED) is 0.425. The van der Waals surface area contributed by atoms with E-state index >= 15 is 0 Å². The molecular formula is C22H20N6O4. The van der Waals surface area contributed by atoms with E-state index < -0.39 is 11.9 Å². The molecule has 0 saturated heterocycles. The Bertz CT molecular complexity index is 1200. The summed E-state index contributed by atoms with van der Waals surface area (Å²) in [6.45, 7) is 3.68. The van der Waals surface area contributed by atoms with Gasteiger partial charge >= 0.3 is 11.9 Å². The zero-order chi connectivity index (χ0) is 23.3. The van der Waals surface area contributed by atoms with Crippen molar-refractivity contribution in [2.45, 2.75) is 13.8 Å². The molecule has 1 heterocycles. The number of hydrogen-bond acceptors (Lipinski definition) is 10. The van der Waals surface area contributed by atoms with Crippen molar-refractivity contribution in [3.8, 4) is 6.07 Å². The topological polar surface area (TPSA) is 165 Å². The molecule has 0 aliphatic carbocycles. The first-order valence-electron chi connectivity index (χ1n) is 9.35. The third kappa shape index (κ3) is 4.65. The lowest BCUT2D eigenvalue weighted by Gasteiger charge is -2.16. The first kappa shape index (κ1) is 22.2. The summed E-state index contributed by atoms with van der Waals surface area (Å²) in [7, 11) is 0. The highest BCUT2D eigenvalue weighted by molar-refractivity contribution is 5.90. The number of pyridine rings is 1. The molecule has 0 spiro atoms. The maximum absolute atomic E-state index is 11.5. The van der Waals surface area contributed by atoms with Crippen LogP contribution in [0.4, 0.5) is 23.0 Å². The summed E-state index contributed by atoms with van der Waals surface area (Å²) in [4.78, 5) is 36.0. The van der Waals surface area contributed by atoms with E-state index in [4.69, 9.17) is 11.8 Å². The monoisotopic (exact) mass is 432 g/mol. The molecule has 0 amide bonds. The molecule has 0 aliphatic heterocycles. The maximum Gasteiger partial charge on any atom is 0.356 e. The standard InChI is InChI=1S/C22H20N6O4/c1-12-13(2)19(26-16-7-3-14(4-8-16)21(29)31-24)28-20(18(12)11-23)27-17-9-5-15(6-10-17)22(30)32-25/h3-10H,24-25H2,1-2H3,(H2,26,27,28). The van der Waals surface area contributed by atoms with Gasteiger partial charge in [0.1, 0.15) is 11.9 Å². The molecule has 3 rings (SSSR count). The normalized spacial score (nSPS) is 10.1. The first-order valence-corrected chi connectivity index (χ1v) is 9.35. The van der Waals surface area contributed by atoms with E-state index in [0.29, 0.717) is 34.1 Å². The van der Waals surface area contributed by atoms with Gasteiger partial charge in [0.15, 0.2) is 5.82 Å². The van der Waals surface area contributed by atoms with Crippen LogP contribution in [-0.4, -0.2) is 16.9 Å². The van der Waals surface area contributed by atoms with Gasteiger partial charge in [0.2, 0.25) is 0 Å². The summed E-state index contributed by atoms with van der Waals surface area (Å²) in [6.07, 6.45) is 0. The van der Waals surface area contributed by atoms with Crippen molar-refractivity contribution in [3.63, 3.8) is 0 Å². The van der Waals surface area contributed by atoms with Gasteiger partial charge in [-0.3, -0.25) is 0 Å². The van der Waals surface area contributed by atoms with Crippen LogP contribution < -0.4 is 22.4 Å². The van der Waals surface area contributed by atoms with Crippen LogP contribution in [0.2, 0.25) is 0 Å². The number of anilines is 4.